The summed E-state index contributed by atoms with van der Waals surface area (Å²) in [6.07, 6.45) is 3.41. The van der Waals surface area contributed by atoms with Crippen molar-refractivity contribution in [2.45, 2.75) is 25.7 Å². The molecule has 0 aromatic heterocycles. The zero-order valence-corrected chi connectivity index (χ0v) is 13.6. The number of nitrogens with one attached hydrogen (secondary N) is 1. The van der Waals surface area contributed by atoms with Crippen molar-refractivity contribution in [3.8, 4) is 5.75 Å². The van der Waals surface area contributed by atoms with Crippen molar-refractivity contribution in [2.24, 2.45) is 5.41 Å². The minimum Gasteiger partial charge on any atom is -0.493 e. The molecule has 0 saturated carbocycles. The van der Waals surface area contributed by atoms with Crippen LogP contribution in [0, 0.1) is 5.41 Å². The monoisotopic (exact) mass is 353 g/mol. The number of hydrogen-bond acceptors (Lipinski definition) is 3. The Balaban J connectivity index is 1.67. The van der Waals surface area contributed by atoms with Gasteiger partial charge in [-0.1, -0.05) is 22.0 Å². The van der Waals surface area contributed by atoms with Gasteiger partial charge < -0.3 is 14.8 Å². The molecule has 5 heteroatoms. The Bertz CT molecular complexity index is 526. The number of benzene rings is 1. The highest BCUT2D eigenvalue weighted by atomic mass is 79.9. The Kier molecular flexibility index (Phi) is 4.50. The first-order valence-electron chi connectivity index (χ1n) is 7.40. The number of halogens is 1. The number of amides is 1. The van der Waals surface area contributed by atoms with Gasteiger partial charge in [0.25, 0.3) is 0 Å². The quantitative estimate of drug-likeness (QED) is 0.845. The minimum absolute atomic E-state index is 0.0843. The van der Waals surface area contributed by atoms with E-state index in [1.54, 1.807) is 0 Å². The van der Waals surface area contributed by atoms with Crippen LogP contribution >= 0.6 is 15.9 Å². The second kappa shape index (κ2) is 6.36. The van der Waals surface area contributed by atoms with E-state index in [0.717, 1.165) is 49.2 Å². The number of hydrogen-bond donors (Lipinski definition) is 1. The smallest absolute Gasteiger partial charge is 0.224 e. The van der Waals surface area contributed by atoms with Crippen LogP contribution in [0.15, 0.2) is 18.2 Å². The summed E-state index contributed by atoms with van der Waals surface area (Å²) >= 11 is 3.62. The summed E-state index contributed by atoms with van der Waals surface area (Å²) in [6.45, 7) is 2.28. The van der Waals surface area contributed by atoms with Crippen LogP contribution in [0.4, 0.5) is 5.69 Å². The van der Waals surface area contributed by atoms with Crippen LogP contribution in [-0.2, 0) is 16.0 Å². The fourth-order valence-electron chi connectivity index (χ4n) is 2.80. The molecule has 2 aliphatic heterocycles. The van der Waals surface area contributed by atoms with Gasteiger partial charge in [-0.05, 0) is 30.9 Å². The van der Waals surface area contributed by atoms with Crippen LogP contribution < -0.4 is 10.1 Å². The van der Waals surface area contributed by atoms with Crippen LogP contribution in [0.1, 0.15) is 24.8 Å². The number of rotatable bonds is 4. The summed E-state index contributed by atoms with van der Waals surface area (Å²) in [5, 5.41) is 3.84. The first-order chi connectivity index (χ1) is 10.2. The maximum Gasteiger partial charge on any atom is 0.224 e. The summed E-state index contributed by atoms with van der Waals surface area (Å²) in [7, 11) is 0. The molecule has 0 atom stereocenters. The number of aryl methyl sites for hydroxylation is 1. The van der Waals surface area contributed by atoms with Crippen LogP contribution in [0.25, 0.3) is 0 Å². The van der Waals surface area contributed by atoms with Crippen molar-refractivity contribution in [3.63, 3.8) is 0 Å². The van der Waals surface area contributed by atoms with E-state index in [1.165, 1.54) is 5.56 Å². The van der Waals surface area contributed by atoms with Crippen molar-refractivity contribution in [1.82, 2.24) is 0 Å². The fourth-order valence-corrected chi connectivity index (χ4v) is 3.52. The first kappa shape index (κ1) is 14.9. The predicted molar refractivity (Wildman–Crippen MR) is 85.2 cm³/mol. The Labute approximate surface area is 133 Å². The molecule has 0 bridgehead atoms. The molecule has 1 saturated heterocycles. The van der Waals surface area contributed by atoms with Crippen LogP contribution in [-0.4, -0.2) is 31.1 Å². The lowest BCUT2D eigenvalue weighted by Gasteiger charge is -2.35. The fraction of sp³-hybridized carbons (Fsp3) is 0.562. The Hall–Kier alpha value is -1.07. The Morgan fingerprint density at radius 3 is 2.86 bits per heavy atom. The maximum atomic E-state index is 11.5. The van der Waals surface area contributed by atoms with Crippen molar-refractivity contribution in [1.29, 1.82) is 0 Å². The molecular weight excluding hydrogens is 334 g/mol. The predicted octanol–water partition coefficient (Wildman–Crippen LogP) is 3.14. The second-order valence-corrected chi connectivity index (χ2v) is 6.46. The molecule has 0 aliphatic carbocycles. The highest BCUT2D eigenvalue weighted by Crippen LogP contribution is 2.34. The van der Waals surface area contributed by atoms with E-state index in [1.807, 2.05) is 12.1 Å². The number of fused-ring (bicyclic) bond motifs is 1. The number of carbonyl (C=O) groups excluding carboxylic acids is 1. The van der Waals surface area contributed by atoms with E-state index in [-0.39, 0.29) is 11.3 Å². The summed E-state index contributed by atoms with van der Waals surface area (Å²) in [5.41, 5.74) is 2.23. The molecule has 1 amide bonds. The molecule has 2 heterocycles. The molecule has 0 spiro atoms. The molecule has 1 fully saturated rings. The molecular formula is C16H20BrNO3. The maximum absolute atomic E-state index is 11.5. The van der Waals surface area contributed by atoms with Gasteiger partial charge in [0.2, 0.25) is 5.91 Å². The number of carbonyl (C=O) groups is 1. The normalized spacial score (nSPS) is 20.5. The molecule has 4 nitrogen and oxygen atoms in total. The molecule has 21 heavy (non-hydrogen) atoms. The lowest BCUT2D eigenvalue weighted by Crippen LogP contribution is -2.36. The van der Waals surface area contributed by atoms with Crippen molar-refractivity contribution >= 4 is 27.5 Å². The van der Waals surface area contributed by atoms with Gasteiger partial charge in [0.15, 0.2) is 0 Å². The summed E-state index contributed by atoms with van der Waals surface area (Å²) in [6, 6.07) is 5.99. The van der Waals surface area contributed by atoms with Gasteiger partial charge in [0, 0.05) is 42.1 Å². The van der Waals surface area contributed by atoms with Crippen molar-refractivity contribution < 1.29 is 14.3 Å². The van der Waals surface area contributed by atoms with Gasteiger partial charge in [-0.25, -0.2) is 0 Å². The minimum atomic E-state index is 0.0843. The molecule has 1 N–H and O–H groups in total. The van der Waals surface area contributed by atoms with Gasteiger partial charge in [-0.15, -0.1) is 0 Å². The van der Waals surface area contributed by atoms with Gasteiger partial charge in [0.05, 0.1) is 6.61 Å². The molecule has 2 aliphatic rings. The molecule has 114 valence electrons. The van der Waals surface area contributed by atoms with E-state index >= 15 is 0 Å². The third-order valence-corrected chi connectivity index (χ3v) is 5.55. The highest BCUT2D eigenvalue weighted by Gasteiger charge is 2.32. The largest absolute Gasteiger partial charge is 0.493 e. The van der Waals surface area contributed by atoms with Gasteiger partial charge in [-0.3, -0.25) is 4.79 Å². The zero-order valence-electron chi connectivity index (χ0n) is 12.0. The number of anilines is 1. The van der Waals surface area contributed by atoms with Crippen LogP contribution in [0.2, 0.25) is 0 Å². The number of ether oxygens (including phenoxy) is 2. The standard InChI is InChI=1S/C16H20BrNO3/c17-10-16(5-7-20-8-6-16)11-21-13-3-1-12-2-4-15(19)18-14(12)9-13/h1,3,9H,2,4-8,10-11H2,(H,18,19). The lowest BCUT2D eigenvalue weighted by atomic mass is 9.83. The average molecular weight is 354 g/mol. The summed E-state index contributed by atoms with van der Waals surface area (Å²) in [5.74, 6) is 0.906. The topological polar surface area (TPSA) is 47.6 Å². The van der Waals surface area contributed by atoms with E-state index < -0.39 is 0 Å². The third-order valence-electron chi connectivity index (χ3n) is 4.36. The average Bonchev–Trinajstić information content (AvgIpc) is 2.53. The summed E-state index contributed by atoms with van der Waals surface area (Å²) in [4.78, 5) is 11.5. The molecule has 0 unspecified atom stereocenters. The molecule has 3 rings (SSSR count). The molecule has 1 aromatic rings. The first-order valence-corrected chi connectivity index (χ1v) is 8.52. The van der Waals surface area contributed by atoms with E-state index in [0.29, 0.717) is 13.0 Å². The van der Waals surface area contributed by atoms with E-state index in [2.05, 4.69) is 27.3 Å². The van der Waals surface area contributed by atoms with Crippen molar-refractivity contribution in [2.75, 3.05) is 30.5 Å². The highest BCUT2D eigenvalue weighted by molar-refractivity contribution is 9.09. The van der Waals surface area contributed by atoms with Crippen LogP contribution in [0.3, 0.4) is 0 Å². The zero-order chi connectivity index (χ0) is 14.7. The molecule has 1 aromatic carbocycles. The van der Waals surface area contributed by atoms with E-state index in [9.17, 15) is 4.79 Å². The van der Waals surface area contributed by atoms with Crippen LogP contribution in [0.5, 0.6) is 5.75 Å². The Morgan fingerprint density at radius 2 is 2.10 bits per heavy atom. The lowest BCUT2D eigenvalue weighted by molar-refractivity contribution is -0.116. The van der Waals surface area contributed by atoms with E-state index in [4.69, 9.17) is 9.47 Å². The third kappa shape index (κ3) is 3.40. The SMILES string of the molecule is O=C1CCc2ccc(OCC3(CBr)CCOCC3)cc2N1. The Morgan fingerprint density at radius 1 is 1.29 bits per heavy atom. The van der Waals surface area contributed by atoms with Gasteiger partial charge in [0.1, 0.15) is 5.75 Å². The molecule has 0 radical (unpaired) electrons. The van der Waals surface area contributed by atoms with Gasteiger partial charge >= 0.3 is 0 Å². The second-order valence-electron chi connectivity index (χ2n) is 5.90. The number of alkyl halides is 1. The van der Waals surface area contributed by atoms with Crippen molar-refractivity contribution in [3.05, 3.63) is 23.8 Å². The van der Waals surface area contributed by atoms with Gasteiger partial charge in [-0.2, -0.15) is 0 Å². The summed E-state index contributed by atoms with van der Waals surface area (Å²) < 4.78 is 11.4.